The zero-order valence-corrected chi connectivity index (χ0v) is 12.6. The van der Waals surface area contributed by atoms with E-state index in [1.54, 1.807) is 0 Å². The number of hydrogen-bond donors (Lipinski definition) is 1. The molecule has 1 aromatic carbocycles. The Hall–Kier alpha value is -0.670. The highest BCUT2D eigenvalue weighted by Crippen LogP contribution is 2.38. The fraction of sp³-hybridized carbons (Fsp3) is 0.625. The molecule has 0 aromatic heterocycles. The largest absolute Gasteiger partial charge is 0.314 e. The molecule has 4 heteroatoms. The minimum Gasteiger partial charge on any atom is -0.314 e. The number of alkyl halides is 2. The quantitative estimate of drug-likeness (QED) is 0.832. The van der Waals surface area contributed by atoms with Gasteiger partial charge in [-0.25, -0.2) is 8.78 Å². The Balaban J connectivity index is 2.02. The molecular weight excluding hydrogens is 280 g/mol. The van der Waals surface area contributed by atoms with Crippen LogP contribution < -0.4 is 5.32 Å². The lowest BCUT2D eigenvalue weighted by atomic mass is 9.80. The fourth-order valence-electron chi connectivity index (χ4n) is 3.03. The van der Waals surface area contributed by atoms with Crippen LogP contribution in [0.1, 0.15) is 38.2 Å². The minimum atomic E-state index is -2.46. The second-order valence-corrected chi connectivity index (χ2v) is 6.06. The first-order valence-electron chi connectivity index (χ1n) is 7.36. The van der Waals surface area contributed by atoms with Gasteiger partial charge in [0.25, 0.3) is 0 Å². The second kappa shape index (κ2) is 6.86. The van der Waals surface area contributed by atoms with Crippen molar-refractivity contribution in [3.63, 3.8) is 0 Å². The van der Waals surface area contributed by atoms with Gasteiger partial charge < -0.3 is 5.32 Å². The summed E-state index contributed by atoms with van der Waals surface area (Å²) in [4.78, 5) is 0. The van der Waals surface area contributed by atoms with Gasteiger partial charge in [-0.05, 0) is 43.4 Å². The van der Waals surface area contributed by atoms with Gasteiger partial charge in [-0.1, -0.05) is 36.7 Å². The van der Waals surface area contributed by atoms with Gasteiger partial charge in [-0.15, -0.1) is 0 Å². The molecule has 0 bridgehead atoms. The Labute approximate surface area is 124 Å². The van der Waals surface area contributed by atoms with E-state index in [1.165, 1.54) is 0 Å². The summed E-state index contributed by atoms with van der Waals surface area (Å²) in [5.74, 6) is -2.15. The van der Waals surface area contributed by atoms with Crippen molar-refractivity contribution in [1.29, 1.82) is 0 Å². The lowest BCUT2D eigenvalue weighted by molar-refractivity contribution is -0.0494. The van der Waals surface area contributed by atoms with Crippen molar-refractivity contribution in [1.82, 2.24) is 5.32 Å². The normalized spacial score (nSPS) is 20.8. The van der Waals surface area contributed by atoms with Crippen LogP contribution in [-0.4, -0.2) is 18.5 Å². The molecule has 1 nitrogen and oxygen atoms in total. The van der Waals surface area contributed by atoms with E-state index in [0.29, 0.717) is 18.8 Å². The van der Waals surface area contributed by atoms with Crippen molar-refractivity contribution in [2.24, 2.45) is 5.92 Å². The van der Waals surface area contributed by atoms with E-state index in [4.69, 9.17) is 11.6 Å². The van der Waals surface area contributed by atoms with Crippen LogP contribution in [0.25, 0.3) is 0 Å². The molecule has 0 radical (unpaired) electrons. The molecule has 2 rings (SSSR count). The molecule has 0 aliphatic heterocycles. The molecule has 0 heterocycles. The molecule has 112 valence electrons. The van der Waals surface area contributed by atoms with E-state index in [2.05, 4.69) is 12.2 Å². The highest BCUT2D eigenvalue weighted by molar-refractivity contribution is 6.31. The van der Waals surface area contributed by atoms with E-state index < -0.39 is 5.92 Å². The first-order valence-corrected chi connectivity index (χ1v) is 7.74. The zero-order valence-electron chi connectivity index (χ0n) is 11.8. The number of benzene rings is 1. The van der Waals surface area contributed by atoms with E-state index in [1.807, 2.05) is 24.3 Å². The molecule has 1 fully saturated rings. The van der Waals surface area contributed by atoms with Crippen molar-refractivity contribution in [3.05, 3.63) is 34.9 Å². The van der Waals surface area contributed by atoms with Gasteiger partial charge in [0.1, 0.15) is 0 Å². The summed E-state index contributed by atoms with van der Waals surface area (Å²) in [7, 11) is 0. The summed E-state index contributed by atoms with van der Waals surface area (Å²) in [6.07, 6.45) is 2.03. The maximum Gasteiger partial charge on any atom is 0.248 e. The Morgan fingerprint density at radius 3 is 2.55 bits per heavy atom. The van der Waals surface area contributed by atoms with E-state index >= 15 is 0 Å². The number of hydrogen-bond acceptors (Lipinski definition) is 1. The third-order valence-electron chi connectivity index (χ3n) is 4.19. The first-order chi connectivity index (χ1) is 9.52. The van der Waals surface area contributed by atoms with E-state index in [9.17, 15) is 8.78 Å². The highest BCUT2D eigenvalue weighted by atomic mass is 35.5. The van der Waals surface area contributed by atoms with Crippen LogP contribution in [0.3, 0.4) is 0 Å². The number of nitrogens with one attached hydrogen (secondary N) is 1. The summed E-state index contributed by atoms with van der Waals surface area (Å²) in [5, 5.41) is 4.21. The molecule has 20 heavy (non-hydrogen) atoms. The number of likely N-dealkylation sites (N-methyl/N-ethyl adjacent to an activating group) is 1. The van der Waals surface area contributed by atoms with Crippen LogP contribution in [0, 0.1) is 5.92 Å². The van der Waals surface area contributed by atoms with Crippen LogP contribution in [0.5, 0.6) is 0 Å². The molecule has 1 aliphatic carbocycles. The van der Waals surface area contributed by atoms with Crippen LogP contribution in [0.2, 0.25) is 5.02 Å². The van der Waals surface area contributed by atoms with Crippen molar-refractivity contribution < 1.29 is 8.78 Å². The van der Waals surface area contributed by atoms with Gasteiger partial charge in [0.05, 0.1) is 0 Å². The Morgan fingerprint density at radius 2 is 1.95 bits per heavy atom. The standard InChI is InChI=1S/C16H22ClF2N/c1-2-20-15(11-13-5-3-4-6-14(13)17)12-7-9-16(18,19)10-8-12/h3-6,12,15,20H,2,7-11H2,1H3. The molecule has 1 atom stereocenters. The molecule has 1 N–H and O–H groups in total. The second-order valence-electron chi connectivity index (χ2n) is 5.65. The zero-order chi connectivity index (χ0) is 14.6. The van der Waals surface area contributed by atoms with Gasteiger partial charge in [-0.3, -0.25) is 0 Å². The smallest absolute Gasteiger partial charge is 0.248 e. The first kappa shape index (κ1) is 15.7. The molecule has 0 spiro atoms. The molecule has 1 unspecified atom stereocenters. The highest BCUT2D eigenvalue weighted by Gasteiger charge is 2.37. The fourth-order valence-corrected chi connectivity index (χ4v) is 3.25. The SMILES string of the molecule is CCNC(Cc1ccccc1Cl)C1CCC(F)(F)CC1. The summed E-state index contributed by atoms with van der Waals surface area (Å²) >= 11 is 6.20. The van der Waals surface area contributed by atoms with Crippen LogP contribution >= 0.6 is 11.6 Å². The maximum absolute atomic E-state index is 13.3. The summed E-state index contributed by atoms with van der Waals surface area (Å²) in [6, 6.07) is 8.02. The third-order valence-corrected chi connectivity index (χ3v) is 4.56. The van der Waals surface area contributed by atoms with Crippen molar-refractivity contribution in [2.45, 2.75) is 51.0 Å². The van der Waals surface area contributed by atoms with Crippen LogP contribution in [0.15, 0.2) is 24.3 Å². The van der Waals surface area contributed by atoms with E-state index in [0.717, 1.165) is 23.6 Å². The van der Waals surface area contributed by atoms with Crippen molar-refractivity contribution in [3.8, 4) is 0 Å². The molecule has 1 saturated carbocycles. The van der Waals surface area contributed by atoms with E-state index in [-0.39, 0.29) is 18.9 Å². The lowest BCUT2D eigenvalue weighted by Crippen LogP contribution is -2.41. The Bertz CT molecular complexity index is 426. The number of rotatable bonds is 5. The third kappa shape index (κ3) is 4.16. The molecule has 0 saturated heterocycles. The molecule has 1 aromatic rings. The minimum absolute atomic E-state index is 0.0160. The Kier molecular flexibility index (Phi) is 5.39. The van der Waals surface area contributed by atoms with Crippen LogP contribution in [-0.2, 0) is 6.42 Å². The molecule has 1 aliphatic rings. The van der Waals surface area contributed by atoms with Gasteiger partial charge in [0.2, 0.25) is 5.92 Å². The summed E-state index contributed by atoms with van der Waals surface area (Å²) < 4.78 is 26.6. The number of halogens is 3. The maximum atomic E-state index is 13.3. The Morgan fingerprint density at radius 1 is 1.30 bits per heavy atom. The van der Waals surface area contributed by atoms with Gasteiger partial charge in [-0.2, -0.15) is 0 Å². The van der Waals surface area contributed by atoms with Gasteiger partial charge in [0.15, 0.2) is 0 Å². The van der Waals surface area contributed by atoms with Crippen LogP contribution in [0.4, 0.5) is 8.78 Å². The predicted molar refractivity (Wildman–Crippen MR) is 79.5 cm³/mol. The van der Waals surface area contributed by atoms with Gasteiger partial charge in [0, 0.05) is 23.9 Å². The molecule has 0 amide bonds. The van der Waals surface area contributed by atoms with Crippen molar-refractivity contribution in [2.75, 3.05) is 6.54 Å². The topological polar surface area (TPSA) is 12.0 Å². The molecular formula is C16H22ClF2N. The predicted octanol–water partition coefficient (Wildman–Crippen LogP) is 4.69. The monoisotopic (exact) mass is 301 g/mol. The summed E-state index contributed by atoms with van der Waals surface area (Å²) in [5.41, 5.74) is 1.09. The van der Waals surface area contributed by atoms with Crippen molar-refractivity contribution >= 4 is 11.6 Å². The average Bonchev–Trinajstić information content (AvgIpc) is 2.41. The van der Waals surface area contributed by atoms with Gasteiger partial charge >= 0.3 is 0 Å². The average molecular weight is 302 g/mol. The summed E-state index contributed by atoms with van der Waals surface area (Å²) in [6.45, 7) is 2.90. The lowest BCUT2D eigenvalue weighted by Gasteiger charge is -2.34.